The lowest BCUT2D eigenvalue weighted by atomic mass is 10.1. The van der Waals surface area contributed by atoms with Gasteiger partial charge in [-0.2, -0.15) is 0 Å². The van der Waals surface area contributed by atoms with E-state index in [1.807, 2.05) is 18.2 Å². The number of hydrogen-bond acceptors (Lipinski definition) is 3. The topological polar surface area (TPSA) is 43.4 Å². The number of benzene rings is 1. The van der Waals surface area contributed by atoms with Crippen LogP contribution in [0.1, 0.15) is 41.3 Å². The number of Topliss-reactive ketones (excluding diaryl/α,β-unsaturated/α-hetero) is 1. The third kappa shape index (κ3) is 2.78. The molecular formula is C15H14O3. The van der Waals surface area contributed by atoms with Gasteiger partial charge in [0.1, 0.15) is 6.42 Å². The van der Waals surface area contributed by atoms with Crippen LogP contribution in [-0.4, -0.2) is 18.4 Å². The zero-order chi connectivity index (χ0) is 13.0. The molecule has 1 aliphatic carbocycles. The Morgan fingerprint density at radius 2 is 2.22 bits per heavy atom. The van der Waals surface area contributed by atoms with Crippen LogP contribution < -0.4 is 0 Å². The van der Waals surface area contributed by atoms with E-state index in [9.17, 15) is 9.59 Å². The highest BCUT2D eigenvalue weighted by Crippen LogP contribution is 2.22. The van der Waals surface area contributed by atoms with Crippen molar-refractivity contribution >= 4 is 11.8 Å². The zero-order valence-corrected chi connectivity index (χ0v) is 10.3. The van der Waals surface area contributed by atoms with Crippen molar-refractivity contribution in [3.63, 3.8) is 0 Å². The molecule has 3 nitrogen and oxygen atoms in total. The van der Waals surface area contributed by atoms with Gasteiger partial charge in [0.05, 0.1) is 6.61 Å². The summed E-state index contributed by atoms with van der Waals surface area (Å²) >= 11 is 0. The Balaban J connectivity index is 2.05. The predicted octanol–water partition coefficient (Wildman–Crippen LogP) is 2.12. The third-order valence-corrected chi connectivity index (χ3v) is 2.80. The summed E-state index contributed by atoms with van der Waals surface area (Å²) in [5.74, 6) is 5.60. The van der Waals surface area contributed by atoms with Gasteiger partial charge >= 0.3 is 5.97 Å². The van der Waals surface area contributed by atoms with Gasteiger partial charge in [0.2, 0.25) is 0 Å². The normalized spacial score (nSPS) is 12.6. The van der Waals surface area contributed by atoms with Crippen molar-refractivity contribution in [1.82, 2.24) is 0 Å². The minimum Gasteiger partial charge on any atom is -0.465 e. The molecule has 0 saturated heterocycles. The van der Waals surface area contributed by atoms with Crippen molar-refractivity contribution in [2.45, 2.75) is 26.2 Å². The van der Waals surface area contributed by atoms with Crippen molar-refractivity contribution in [3.05, 3.63) is 34.9 Å². The highest BCUT2D eigenvalue weighted by molar-refractivity contribution is 6.00. The Morgan fingerprint density at radius 1 is 1.39 bits per heavy atom. The number of ketones is 1. The van der Waals surface area contributed by atoms with Crippen molar-refractivity contribution in [2.24, 2.45) is 0 Å². The molecule has 1 aliphatic rings. The van der Waals surface area contributed by atoms with Gasteiger partial charge in [0, 0.05) is 17.5 Å². The summed E-state index contributed by atoms with van der Waals surface area (Å²) in [6, 6.07) is 5.57. The Kier molecular flexibility index (Phi) is 3.78. The number of esters is 1. The number of carbonyl (C=O) groups excluding carboxylic acids is 2. The minimum absolute atomic E-state index is 0.101. The molecule has 0 fully saturated rings. The molecule has 1 aromatic carbocycles. The summed E-state index contributed by atoms with van der Waals surface area (Å²) in [5.41, 5.74) is 2.71. The van der Waals surface area contributed by atoms with Crippen LogP contribution in [-0.2, 0) is 16.0 Å². The monoisotopic (exact) mass is 242 g/mol. The third-order valence-electron chi connectivity index (χ3n) is 2.80. The van der Waals surface area contributed by atoms with Crippen LogP contribution in [0, 0.1) is 11.8 Å². The maximum atomic E-state index is 11.5. The Bertz CT molecular complexity index is 547. The van der Waals surface area contributed by atoms with Gasteiger partial charge in [-0.25, -0.2) is 0 Å². The second kappa shape index (κ2) is 5.50. The fraction of sp³-hybridized carbons (Fsp3) is 0.333. The van der Waals surface area contributed by atoms with Gasteiger partial charge in [-0.3, -0.25) is 9.59 Å². The molecular weight excluding hydrogens is 228 g/mol. The Labute approximate surface area is 106 Å². The molecule has 18 heavy (non-hydrogen) atoms. The van der Waals surface area contributed by atoms with Crippen LogP contribution in [0.2, 0.25) is 0 Å². The van der Waals surface area contributed by atoms with Crippen LogP contribution in [0.5, 0.6) is 0 Å². The number of rotatable bonds is 2. The quantitative estimate of drug-likeness (QED) is 0.589. The molecule has 0 aliphatic heterocycles. The van der Waals surface area contributed by atoms with Crippen molar-refractivity contribution < 1.29 is 14.3 Å². The number of hydrogen-bond donors (Lipinski definition) is 0. The van der Waals surface area contributed by atoms with Gasteiger partial charge in [0.15, 0.2) is 5.78 Å². The van der Waals surface area contributed by atoms with E-state index in [1.165, 1.54) is 0 Å². The van der Waals surface area contributed by atoms with Crippen molar-refractivity contribution in [3.8, 4) is 11.8 Å². The molecule has 0 bridgehead atoms. The number of carbonyl (C=O) groups is 2. The first-order chi connectivity index (χ1) is 8.70. The van der Waals surface area contributed by atoms with E-state index < -0.39 is 0 Å². The van der Waals surface area contributed by atoms with Crippen LogP contribution in [0.25, 0.3) is 0 Å². The van der Waals surface area contributed by atoms with Crippen molar-refractivity contribution in [2.75, 3.05) is 6.61 Å². The summed E-state index contributed by atoms with van der Waals surface area (Å²) in [5, 5.41) is 0. The Morgan fingerprint density at radius 3 is 3.00 bits per heavy atom. The summed E-state index contributed by atoms with van der Waals surface area (Å²) in [6.07, 6.45) is 1.49. The predicted molar refractivity (Wildman–Crippen MR) is 67.2 cm³/mol. The maximum absolute atomic E-state index is 11.5. The molecule has 0 amide bonds. The molecule has 3 heteroatoms. The Hall–Kier alpha value is -2.08. The van der Waals surface area contributed by atoms with E-state index in [4.69, 9.17) is 4.74 Å². The fourth-order valence-corrected chi connectivity index (χ4v) is 1.96. The van der Waals surface area contributed by atoms with E-state index in [1.54, 1.807) is 6.92 Å². The van der Waals surface area contributed by atoms with Gasteiger partial charge in [-0.15, -0.1) is 0 Å². The largest absolute Gasteiger partial charge is 0.465 e. The van der Waals surface area contributed by atoms with Crippen LogP contribution in [0.4, 0.5) is 0 Å². The lowest BCUT2D eigenvalue weighted by Crippen LogP contribution is -2.01. The first-order valence-electron chi connectivity index (χ1n) is 6.01. The van der Waals surface area contributed by atoms with E-state index in [0.29, 0.717) is 13.0 Å². The lowest BCUT2D eigenvalue weighted by Gasteiger charge is -1.98. The first kappa shape index (κ1) is 12.4. The average Bonchev–Trinajstić information content (AvgIpc) is 2.71. The molecule has 0 saturated carbocycles. The van der Waals surface area contributed by atoms with Crippen LogP contribution in [0.15, 0.2) is 18.2 Å². The smallest absolute Gasteiger partial charge is 0.317 e. The van der Waals surface area contributed by atoms with Gasteiger partial charge in [-0.1, -0.05) is 11.8 Å². The van der Waals surface area contributed by atoms with Gasteiger partial charge < -0.3 is 4.74 Å². The summed E-state index contributed by atoms with van der Waals surface area (Å²) < 4.78 is 4.78. The molecule has 2 rings (SSSR count). The van der Waals surface area contributed by atoms with Crippen molar-refractivity contribution in [1.29, 1.82) is 0 Å². The molecule has 0 heterocycles. The fourth-order valence-electron chi connectivity index (χ4n) is 1.96. The number of aryl methyl sites for hydroxylation is 1. The number of fused-ring (bicyclic) bond motifs is 1. The van der Waals surface area contributed by atoms with Crippen LogP contribution in [0.3, 0.4) is 0 Å². The summed E-state index contributed by atoms with van der Waals surface area (Å²) in [6.45, 7) is 2.14. The van der Waals surface area contributed by atoms with E-state index >= 15 is 0 Å². The molecule has 0 spiro atoms. The van der Waals surface area contributed by atoms with Gasteiger partial charge in [0.25, 0.3) is 0 Å². The second-order valence-electron chi connectivity index (χ2n) is 4.08. The summed E-state index contributed by atoms with van der Waals surface area (Å²) in [4.78, 5) is 22.5. The zero-order valence-electron chi connectivity index (χ0n) is 10.3. The molecule has 1 aromatic rings. The molecule has 92 valence electrons. The van der Waals surface area contributed by atoms with E-state index in [0.717, 1.165) is 23.1 Å². The van der Waals surface area contributed by atoms with Gasteiger partial charge in [-0.05, 0) is 37.1 Å². The van der Waals surface area contributed by atoms with E-state index in [2.05, 4.69) is 11.8 Å². The second-order valence-corrected chi connectivity index (χ2v) is 4.08. The molecule has 0 aromatic heterocycles. The highest BCUT2D eigenvalue weighted by Gasteiger charge is 2.18. The average molecular weight is 242 g/mol. The molecule has 0 atom stereocenters. The molecule has 0 radical (unpaired) electrons. The van der Waals surface area contributed by atoms with E-state index in [-0.39, 0.29) is 18.2 Å². The standard InChI is InChI=1S/C15H14O3/c1-2-18-15(17)5-3-4-11-6-8-13-12(10-11)7-9-14(13)16/h6,8,10H,2,5,7,9H2,1H3. The SMILES string of the molecule is CCOC(=O)CC#Cc1ccc2c(c1)CCC2=O. The maximum Gasteiger partial charge on any atom is 0.317 e. The number of ether oxygens (including phenoxy) is 1. The van der Waals surface area contributed by atoms with Crippen LogP contribution >= 0.6 is 0 Å². The lowest BCUT2D eigenvalue weighted by molar-refractivity contribution is -0.141. The first-order valence-corrected chi connectivity index (χ1v) is 6.01. The highest BCUT2D eigenvalue weighted by atomic mass is 16.5. The summed E-state index contributed by atoms with van der Waals surface area (Å²) in [7, 11) is 0. The minimum atomic E-state index is -0.304. The molecule has 0 unspecified atom stereocenters. The molecule has 0 N–H and O–H groups in total.